The molecular formula is C11H17KN2O5S. The van der Waals surface area contributed by atoms with Crippen LogP contribution in [0.15, 0.2) is 24.3 Å². The molecule has 0 aliphatic carbocycles. The van der Waals surface area contributed by atoms with Gasteiger partial charge >= 0.3 is 51.4 Å². The molecule has 0 amide bonds. The van der Waals surface area contributed by atoms with Gasteiger partial charge in [-0.3, -0.25) is 0 Å². The van der Waals surface area contributed by atoms with Crippen LogP contribution in [0.3, 0.4) is 0 Å². The number of benzene rings is 1. The predicted molar refractivity (Wildman–Crippen MR) is 69.8 cm³/mol. The summed E-state index contributed by atoms with van der Waals surface area (Å²) >= 11 is 0. The fraction of sp³-hybridized carbons (Fsp3) is 0.455. The van der Waals surface area contributed by atoms with E-state index >= 15 is 0 Å². The minimum Gasteiger partial charge on any atom is -0.735 e. The first-order valence-corrected chi connectivity index (χ1v) is 6.93. The van der Waals surface area contributed by atoms with Gasteiger partial charge in [0, 0.05) is 20.1 Å². The Hall–Kier alpha value is 0.286. The van der Waals surface area contributed by atoms with Crippen molar-refractivity contribution in [1.82, 2.24) is 4.31 Å². The number of likely N-dealkylation sites (N-methyl/N-ethyl adjacent to an activating group) is 1. The van der Waals surface area contributed by atoms with E-state index in [1.165, 1.54) is 7.11 Å². The van der Waals surface area contributed by atoms with Crippen LogP contribution < -0.4 is 61.4 Å². The number of nitrogens with one attached hydrogen (secondary N) is 1. The van der Waals surface area contributed by atoms with Crippen molar-refractivity contribution in [3.63, 3.8) is 0 Å². The summed E-state index contributed by atoms with van der Waals surface area (Å²) in [4.78, 5) is 0. The van der Waals surface area contributed by atoms with Gasteiger partial charge in [0.15, 0.2) is 10.3 Å². The van der Waals surface area contributed by atoms with Crippen molar-refractivity contribution in [3.8, 4) is 5.75 Å². The van der Waals surface area contributed by atoms with Gasteiger partial charge in [-0.15, -0.1) is 0 Å². The molecule has 0 aliphatic rings. The number of methoxy groups -OCH3 is 1. The fourth-order valence-corrected chi connectivity index (χ4v) is 1.83. The predicted octanol–water partition coefficient (Wildman–Crippen LogP) is -3.14. The molecule has 0 heterocycles. The van der Waals surface area contributed by atoms with Gasteiger partial charge in [0.1, 0.15) is 5.75 Å². The standard InChI is InChI=1S/C11H18N2O5S.K/c1-13(19(15,16)17)8-9(14)7-12-10-5-3-4-6-11(10)18-2;/h3-6,9,12,14H,7-8H2,1-2H3,(H,15,16,17);/q;+1/p-1. The summed E-state index contributed by atoms with van der Waals surface area (Å²) in [5.41, 5.74) is 0.677. The first-order chi connectivity index (χ1) is 8.84. The van der Waals surface area contributed by atoms with Crippen molar-refractivity contribution < 1.29 is 74.2 Å². The molecule has 0 radical (unpaired) electrons. The second kappa shape index (κ2) is 9.33. The zero-order chi connectivity index (χ0) is 14.5. The average molecular weight is 328 g/mol. The van der Waals surface area contributed by atoms with Crippen LogP contribution in [0.2, 0.25) is 0 Å². The van der Waals surface area contributed by atoms with Gasteiger partial charge in [0.2, 0.25) is 0 Å². The molecule has 108 valence electrons. The maximum atomic E-state index is 10.7. The van der Waals surface area contributed by atoms with E-state index < -0.39 is 16.4 Å². The molecule has 1 unspecified atom stereocenters. The van der Waals surface area contributed by atoms with Crippen LogP contribution in [0.25, 0.3) is 0 Å². The first-order valence-electron chi connectivity index (χ1n) is 5.56. The van der Waals surface area contributed by atoms with Crippen LogP contribution in [0.4, 0.5) is 5.69 Å². The van der Waals surface area contributed by atoms with E-state index in [0.717, 1.165) is 7.05 Å². The zero-order valence-electron chi connectivity index (χ0n) is 11.7. The SMILES string of the molecule is COc1ccccc1NCC(O)CN(C)S(=O)(=O)[O-].[K+]. The average Bonchev–Trinajstić information content (AvgIpc) is 2.35. The van der Waals surface area contributed by atoms with Crippen LogP contribution in [0.1, 0.15) is 0 Å². The number of aliphatic hydroxyl groups excluding tert-OH is 1. The van der Waals surface area contributed by atoms with Gasteiger partial charge in [0.05, 0.1) is 18.9 Å². The first kappa shape index (κ1) is 20.3. The van der Waals surface area contributed by atoms with Crippen molar-refractivity contribution >= 4 is 16.0 Å². The van der Waals surface area contributed by atoms with Gasteiger partial charge in [-0.1, -0.05) is 12.1 Å². The fourth-order valence-electron chi connectivity index (χ4n) is 1.47. The van der Waals surface area contributed by atoms with Crippen LogP contribution in [-0.4, -0.2) is 55.7 Å². The Labute approximate surface area is 161 Å². The molecule has 0 bridgehead atoms. The van der Waals surface area contributed by atoms with E-state index in [9.17, 15) is 18.1 Å². The normalized spacial score (nSPS) is 12.7. The Morgan fingerprint density at radius 1 is 1.45 bits per heavy atom. The molecule has 0 aliphatic heterocycles. The molecule has 1 atom stereocenters. The van der Waals surface area contributed by atoms with Crippen LogP contribution in [0.5, 0.6) is 5.75 Å². The Kier molecular flexibility index (Phi) is 9.47. The van der Waals surface area contributed by atoms with E-state index in [2.05, 4.69) is 5.32 Å². The molecule has 7 nitrogen and oxygen atoms in total. The summed E-state index contributed by atoms with van der Waals surface area (Å²) in [5.74, 6) is 0.611. The van der Waals surface area contributed by atoms with Gasteiger partial charge < -0.3 is 19.7 Å². The Balaban J connectivity index is 0.00000361. The van der Waals surface area contributed by atoms with Crippen molar-refractivity contribution in [2.75, 3.05) is 32.6 Å². The number of para-hydroxylation sites is 2. The van der Waals surface area contributed by atoms with E-state index in [4.69, 9.17) is 4.74 Å². The molecule has 1 aromatic rings. The van der Waals surface area contributed by atoms with Crippen LogP contribution >= 0.6 is 0 Å². The molecule has 20 heavy (non-hydrogen) atoms. The maximum Gasteiger partial charge on any atom is 1.00 e. The molecule has 9 heteroatoms. The minimum atomic E-state index is -4.52. The number of nitrogens with zero attached hydrogens (tertiary/aromatic N) is 1. The Bertz CT molecular complexity index is 511. The number of ether oxygens (including phenoxy) is 1. The van der Waals surface area contributed by atoms with E-state index in [1.807, 2.05) is 0 Å². The molecule has 0 saturated carbocycles. The molecule has 2 N–H and O–H groups in total. The summed E-state index contributed by atoms with van der Waals surface area (Å²) in [6, 6.07) is 7.12. The molecule has 0 aromatic heterocycles. The van der Waals surface area contributed by atoms with E-state index in [0.29, 0.717) is 15.7 Å². The second-order valence-electron chi connectivity index (χ2n) is 3.97. The van der Waals surface area contributed by atoms with Crippen molar-refractivity contribution in [1.29, 1.82) is 0 Å². The third kappa shape index (κ3) is 6.83. The number of hydrogen-bond donors (Lipinski definition) is 2. The van der Waals surface area contributed by atoms with Gasteiger partial charge in [0.25, 0.3) is 0 Å². The summed E-state index contributed by atoms with van der Waals surface area (Å²) < 4.78 is 37.7. The number of hydrogen-bond acceptors (Lipinski definition) is 6. The van der Waals surface area contributed by atoms with Crippen molar-refractivity contribution in [2.24, 2.45) is 0 Å². The summed E-state index contributed by atoms with van der Waals surface area (Å²) in [6.07, 6.45) is -1.00. The zero-order valence-corrected chi connectivity index (χ0v) is 15.7. The number of aliphatic hydroxyl groups is 1. The number of rotatable bonds is 7. The molecule has 1 rings (SSSR count). The van der Waals surface area contributed by atoms with Crippen LogP contribution in [-0.2, 0) is 10.3 Å². The van der Waals surface area contributed by atoms with E-state index in [-0.39, 0.29) is 64.5 Å². The van der Waals surface area contributed by atoms with E-state index in [1.54, 1.807) is 24.3 Å². The molecule has 1 aromatic carbocycles. The third-order valence-electron chi connectivity index (χ3n) is 2.48. The molecular weight excluding hydrogens is 311 g/mol. The Morgan fingerprint density at radius 2 is 2.05 bits per heavy atom. The van der Waals surface area contributed by atoms with Gasteiger partial charge in [-0.25, -0.2) is 12.7 Å². The van der Waals surface area contributed by atoms with Crippen molar-refractivity contribution in [2.45, 2.75) is 6.10 Å². The summed E-state index contributed by atoms with van der Waals surface area (Å²) in [7, 11) is -1.88. The third-order valence-corrected chi connectivity index (χ3v) is 3.40. The topological polar surface area (TPSA) is 102 Å². The van der Waals surface area contributed by atoms with Gasteiger partial charge in [-0.2, -0.15) is 0 Å². The smallest absolute Gasteiger partial charge is 0.735 e. The molecule has 0 spiro atoms. The van der Waals surface area contributed by atoms with Crippen molar-refractivity contribution in [3.05, 3.63) is 24.3 Å². The summed E-state index contributed by atoms with van der Waals surface area (Å²) in [5, 5.41) is 12.6. The maximum absolute atomic E-state index is 10.7. The quantitative estimate of drug-likeness (QED) is 0.405. The molecule has 0 fully saturated rings. The molecule has 0 saturated heterocycles. The monoisotopic (exact) mass is 328 g/mol. The Morgan fingerprint density at radius 3 is 2.60 bits per heavy atom. The largest absolute Gasteiger partial charge is 1.00 e. The minimum absolute atomic E-state index is 0. The second-order valence-corrected chi connectivity index (χ2v) is 5.45. The van der Waals surface area contributed by atoms with Crippen LogP contribution in [0, 0.1) is 0 Å². The van der Waals surface area contributed by atoms with Gasteiger partial charge in [-0.05, 0) is 12.1 Å². The summed E-state index contributed by atoms with van der Waals surface area (Å²) in [6.45, 7) is -0.172. The number of anilines is 1.